The number of carboxylic acid groups (broad SMARTS) is 1. The Hall–Kier alpha value is -1.90. The van der Waals surface area contributed by atoms with Crippen molar-refractivity contribution in [1.29, 1.82) is 0 Å². The Balaban J connectivity index is 0.000000310. The molecule has 1 aromatic heterocycles. The standard InChI is InChI=1S/C6H5NO2.C4H6/c8-6(9)5-3-1-2-4-7-5;1-3-4-2/h1-4H,(H,8,9);3-4H,1-2H2. The molecule has 68 valence electrons. The van der Waals surface area contributed by atoms with E-state index in [1.54, 1.807) is 24.3 Å². The van der Waals surface area contributed by atoms with Crippen molar-refractivity contribution in [2.75, 3.05) is 0 Å². The van der Waals surface area contributed by atoms with E-state index in [1.807, 2.05) is 0 Å². The van der Waals surface area contributed by atoms with Crippen LogP contribution in [0.25, 0.3) is 0 Å². The maximum atomic E-state index is 10.1. The molecule has 0 spiro atoms. The van der Waals surface area contributed by atoms with Crippen molar-refractivity contribution in [1.82, 2.24) is 4.98 Å². The number of carboxylic acids is 1. The number of carbonyl (C=O) groups is 1. The van der Waals surface area contributed by atoms with Crippen molar-refractivity contribution in [3.63, 3.8) is 0 Å². The second-order valence-corrected chi connectivity index (χ2v) is 1.99. The lowest BCUT2D eigenvalue weighted by atomic mass is 10.4. The van der Waals surface area contributed by atoms with Gasteiger partial charge in [0.25, 0.3) is 0 Å². The van der Waals surface area contributed by atoms with Gasteiger partial charge in [-0.15, -0.1) is 0 Å². The summed E-state index contributed by atoms with van der Waals surface area (Å²) >= 11 is 0. The first-order valence-electron chi connectivity index (χ1n) is 3.60. The fourth-order valence-corrected chi connectivity index (χ4v) is 0.489. The Kier molecular flexibility index (Phi) is 5.80. The number of aromatic carboxylic acids is 1. The summed E-state index contributed by atoms with van der Waals surface area (Å²) in [4.78, 5) is 13.7. The lowest BCUT2D eigenvalue weighted by Gasteiger charge is -1.87. The molecule has 3 heteroatoms. The Morgan fingerprint density at radius 2 is 2.00 bits per heavy atom. The van der Waals surface area contributed by atoms with Crippen LogP contribution in [0.2, 0.25) is 0 Å². The predicted octanol–water partition coefficient (Wildman–Crippen LogP) is 2.14. The molecular weight excluding hydrogens is 166 g/mol. The number of nitrogens with zero attached hydrogens (tertiary/aromatic N) is 1. The first-order valence-corrected chi connectivity index (χ1v) is 3.60. The summed E-state index contributed by atoms with van der Waals surface area (Å²) in [5.41, 5.74) is 0.0810. The highest BCUT2D eigenvalue weighted by molar-refractivity contribution is 5.85. The van der Waals surface area contributed by atoms with E-state index in [1.165, 1.54) is 12.3 Å². The van der Waals surface area contributed by atoms with Crippen LogP contribution < -0.4 is 0 Å². The summed E-state index contributed by atoms with van der Waals surface area (Å²) in [7, 11) is 0. The van der Waals surface area contributed by atoms with E-state index in [4.69, 9.17) is 5.11 Å². The van der Waals surface area contributed by atoms with E-state index in [9.17, 15) is 4.79 Å². The van der Waals surface area contributed by atoms with E-state index < -0.39 is 5.97 Å². The average molecular weight is 177 g/mol. The van der Waals surface area contributed by atoms with Crippen LogP contribution in [-0.4, -0.2) is 16.1 Å². The Bertz CT molecular complexity index is 274. The zero-order valence-corrected chi connectivity index (χ0v) is 7.18. The van der Waals surface area contributed by atoms with Crippen LogP contribution in [0, 0.1) is 0 Å². The summed E-state index contributed by atoms with van der Waals surface area (Å²) < 4.78 is 0. The Labute approximate surface area is 77.1 Å². The van der Waals surface area contributed by atoms with Gasteiger partial charge in [0.05, 0.1) is 0 Å². The number of pyridine rings is 1. The third-order valence-electron chi connectivity index (χ3n) is 1.05. The molecule has 0 amide bonds. The second kappa shape index (κ2) is 6.79. The van der Waals surface area contributed by atoms with Crippen LogP contribution in [0.5, 0.6) is 0 Å². The van der Waals surface area contributed by atoms with Gasteiger partial charge in [-0.1, -0.05) is 31.4 Å². The van der Waals surface area contributed by atoms with Crippen molar-refractivity contribution in [2.24, 2.45) is 0 Å². The van der Waals surface area contributed by atoms with Gasteiger partial charge >= 0.3 is 5.97 Å². The SMILES string of the molecule is C=CC=C.O=C(O)c1ccccn1. The van der Waals surface area contributed by atoms with Gasteiger partial charge in [-0.05, 0) is 12.1 Å². The van der Waals surface area contributed by atoms with Gasteiger partial charge in [0.15, 0.2) is 0 Å². The maximum absolute atomic E-state index is 10.1. The molecule has 1 N–H and O–H groups in total. The number of hydrogen-bond donors (Lipinski definition) is 1. The van der Waals surface area contributed by atoms with Gasteiger partial charge in [-0.25, -0.2) is 9.78 Å². The average Bonchev–Trinajstić information content (AvgIpc) is 2.19. The molecule has 1 aromatic rings. The molecule has 0 unspecified atom stereocenters. The molecule has 1 heterocycles. The van der Waals surface area contributed by atoms with Crippen molar-refractivity contribution in [2.45, 2.75) is 0 Å². The topological polar surface area (TPSA) is 50.2 Å². The van der Waals surface area contributed by atoms with Gasteiger partial charge in [-0.2, -0.15) is 0 Å². The van der Waals surface area contributed by atoms with Gasteiger partial charge in [0, 0.05) is 6.20 Å². The van der Waals surface area contributed by atoms with Crippen molar-refractivity contribution in [3.05, 3.63) is 55.4 Å². The second-order valence-electron chi connectivity index (χ2n) is 1.99. The molecule has 13 heavy (non-hydrogen) atoms. The molecule has 1 rings (SSSR count). The highest BCUT2D eigenvalue weighted by Crippen LogP contribution is 1.90. The van der Waals surface area contributed by atoms with Crippen LogP contribution in [0.1, 0.15) is 10.5 Å². The molecule has 0 fully saturated rings. The molecule has 0 aliphatic heterocycles. The highest BCUT2D eigenvalue weighted by Gasteiger charge is 1.98. The maximum Gasteiger partial charge on any atom is 0.354 e. The third-order valence-corrected chi connectivity index (χ3v) is 1.05. The van der Waals surface area contributed by atoms with Gasteiger partial charge in [0.2, 0.25) is 0 Å². The van der Waals surface area contributed by atoms with E-state index in [0.29, 0.717) is 0 Å². The quantitative estimate of drug-likeness (QED) is 0.704. The van der Waals surface area contributed by atoms with Crippen molar-refractivity contribution >= 4 is 5.97 Å². The summed E-state index contributed by atoms with van der Waals surface area (Å²) in [5.74, 6) is -0.990. The van der Waals surface area contributed by atoms with Crippen LogP contribution in [0.4, 0.5) is 0 Å². The number of hydrogen-bond acceptors (Lipinski definition) is 2. The molecule has 0 saturated heterocycles. The van der Waals surface area contributed by atoms with Gasteiger partial charge < -0.3 is 5.11 Å². The summed E-state index contributed by atoms with van der Waals surface area (Å²) in [6, 6.07) is 4.76. The highest BCUT2D eigenvalue weighted by atomic mass is 16.4. The number of rotatable bonds is 2. The fourth-order valence-electron chi connectivity index (χ4n) is 0.489. The summed E-state index contributed by atoms with van der Waals surface area (Å²) in [6.07, 6.45) is 4.73. The van der Waals surface area contributed by atoms with Gasteiger partial charge in [-0.3, -0.25) is 0 Å². The lowest BCUT2D eigenvalue weighted by molar-refractivity contribution is 0.0690. The number of aromatic nitrogens is 1. The lowest BCUT2D eigenvalue weighted by Crippen LogP contribution is -1.97. The first-order chi connectivity index (χ1) is 6.22. The first kappa shape index (κ1) is 11.1. The number of allylic oxidation sites excluding steroid dienone is 2. The molecule has 0 radical (unpaired) electrons. The van der Waals surface area contributed by atoms with Crippen LogP contribution in [0.3, 0.4) is 0 Å². The van der Waals surface area contributed by atoms with Crippen LogP contribution in [-0.2, 0) is 0 Å². The minimum Gasteiger partial charge on any atom is -0.477 e. The van der Waals surface area contributed by atoms with E-state index >= 15 is 0 Å². The van der Waals surface area contributed by atoms with E-state index in [2.05, 4.69) is 18.1 Å². The minimum atomic E-state index is -0.990. The zero-order valence-electron chi connectivity index (χ0n) is 7.18. The Morgan fingerprint density at radius 3 is 2.23 bits per heavy atom. The molecule has 0 saturated carbocycles. The minimum absolute atomic E-state index is 0.0810. The normalized spacial score (nSPS) is 7.69. The monoisotopic (exact) mass is 177 g/mol. The fraction of sp³-hybridized carbons (Fsp3) is 0. The molecule has 0 aromatic carbocycles. The summed E-state index contributed by atoms with van der Waals surface area (Å²) in [5, 5.41) is 8.32. The van der Waals surface area contributed by atoms with Crippen LogP contribution in [0.15, 0.2) is 49.7 Å². The molecule has 0 aliphatic carbocycles. The molecule has 0 aliphatic rings. The molecule has 0 atom stereocenters. The molecule has 3 nitrogen and oxygen atoms in total. The largest absolute Gasteiger partial charge is 0.477 e. The van der Waals surface area contributed by atoms with Crippen molar-refractivity contribution in [3.8, 4) is 0 Å². The van der Waals surface area contributed by atoms with E-state index in [0.717, 1.165) is 0 Å². The molecule has 0 bridgehead atoms. The smallest absolute Gasteiger partial charge is 0.354 e. The van der Waals surface area contributed by atoms with Crippen LogP contribution >= 0.6 is 0 Å². The van der Waals surface area contributed by atoms with E-state index in [-0.39, 0.29) is 5.69 Å². The predicted molar refractivity (Wildman–Crippen MR) is 51.6 cm³/mol. The Morgan fingerprint density at radius 1 is 1.38 bits per heavy atom. The molecular formula is C10H11NO2. The zero-order chi connectivity index (χ0) is 10.1. The third kappa shape index (κ3) is 5.38. The van der Waals surface area contributed by atoms with Crippen molar-refractivity contribution < 1.29 is 9.90 Å². The summed E-state index contributed by atoms with van der Waals surface area (Å²) in [6.45, 7) is 6.72. The van der Waals surface area contributed by atoms with Gasteiger partial charge in [0.1, 0.15) is 5.69 Å².